The van der Waals surface area contributed by atoms with E-state index in [0.717, 1.165) is 0 Å². The Bertz CT molecular complexity index is 1530. The Morgan fingerprint density at radius 2 is 0.857 bits per heavy atom. The van der Waals surface area contributed by atoms with Gasteiger partial charge in [-0.25, -0.2) is 14.4 Å². The molecule has 42 heavy (non-hydrogen) atoms. The first kappa shape index (κ1) is 31.2. The molecule has 0 saturated carbocycles. The SMILES string of the molecule is O=C=Nc1ccc(C(=O)CC(C(=O)c2ccc(N=C=O)cc2)(C(=O)c2ccc(N=C=O)cc2)C(CO)(CO)CO)cc1. The van der Waals surface area contributed by atoms with Crippen LogP contribution in [-0.4, -0.2) is 70.7 Å². The van der Waals surface area contributed by atoms with Crippen LogP contribution in [0.3, 0.4) is 0 Å². The molecular weight excluding hydrogens is 546 g/mol. The molecule has 0 saturated heterocycles. The number of isocyanates is 3. The Hall–Kier alpha value is -5.31. The van der Waals surface area contributed by atoms with Crippen LogP contribution in [0.4, 0.5) is 17.1 Å². The van der Waals surface area contributed by atoms with Crippen LogP contribution in [0.1, 0.15) is 37.5 Å². The van der Waals surface area contributed by atoms with E-state index in [4.69, 9.17) is 0 Å². The minimum absolute atomic E-state index is 0.00104. The summed E-state index contributed by atoms with van der Waals surface area (Å²) in [6.07, 6.45) is 3.17. The number of nitrogens with zero attached hydrogens (tertiary/aromatic N) is 3. The Labute approximate surface area is 238 Å². The third-order valence-corrected chi connectivity index (χ3v) is 6.99. The molecule has 3 aromatic carbocycles. The Kier molecular flexibility index (Phi) is 10.3. The third kappa shape index (κ3) is 6.05. The van der Waals surface area contributed by atoms with E-state index in [1.54, 1.807) is 0 Å². The predicted molar refractivity (Wildman–Crippen MR) is 146 cm³/mol. The minimum atomic E-state index is -2.59. The Morgan fingerprint density at radius 1 is 0.548 bits per heavy atom. The van der Waals surface area contributed by atoms with Crippen molar-refractivity contribution in [3.8, 4) is 0 Å². The average molecular weight is 570 g/mol. The number of aliphatic imine (C=N–C) groups is 3. The van der Waals surface area contributed by atoms with Crippen molar-refractivity contribution < 1.29 is 44.1 Å². The fourth-order valence-corrected chi connectivity index (χ4v) is 4.58. The molecular formula is C30H23N3O9. The molecule has 0 aliphatic heterocycles. The number of hydrogen-bond acceptors (Lipinski definition) is 12. The van der Waals surface area contributed by atoms with Gasteiger partial charge in [-0.2, -0.15) is 15.0 Å². The molecule has 0 aliphatic rings. The number of aliphatic hydroxyl groups excluding tert-OH is 3. The normalized spacial score (nSPS) is 12.1. The number of benzene rings is 3. The van der Waals surface area contributed by atoms with Crippen LogP contribution in [0.15, 0.2) is 87.8 Å². The lowest BCUT2D eigenvalue weighted by molar-refractivity contribution is -0.0632. The maximum absolute atomic E-state index is 14.4. The molecule has 0 atom stereocenters. The van der Waals surface area contributed by atoms with Gasteiger partial charge in [-0.15, -0.1) is 0 Å². The molecule has 0 bridgehead atoms. The second-order valence-electron chi connectivity index (χ2n) is 9.17. The highest BCUT2D eigenvalue weighted by Gasteiger charge is 2.61. The predicted octanol–water partition coefficient (Wildman–Crippen LogP) is 2.88. The summed E-state index contributed by atoms with van der Waals surface area (Å²) in [5, 5.41) is 31.5. The highest BCUT2D eigenvalue weighted by molar-refractivity contribution is 6.23. The van der Waals surface area contributed by atoms with Crippen molar-refractivity contribution in [2.75, 3.05) is 19.8 Å². The largest absolute Gasteiger partial charge is 0.396 e. The van der Waals surface area contributed by atoms with E-state index < -0.39 is 54.4 Å². The van der Waals surface area contributed by atoms with Gasteiger partial charge in [-0.05, 0) is 72.8 Å². The molecule has 0 aromatic heterocycles. The van der Waals surface area contributed by atoms with Crippen LogP contribution in [0, 0.1) is 10.8 Å². The van der Waals surface area contributed by atoms with Crippen LogP contribution >= 0.6 is 0 Å². The third-order valence-electron chi connectivity index (χ3n) is 6.99. The summed E-state index contributed by atoms with van der Waals surface area (Å²) in [6, 6.07) is 15.3. The first-order valence-corrected chi connectivity index (χ1v) is 12.2. The molecule has 0 unspecified atom stereocenters. The quantitative estimate of drug-likeness (QED) is 0.113. The van der Waals surface area contributed by atoms with Crippen molar-refractivity contribution in [1.82, 2.24) is 0 Å². The summed E-state index contributed by atoms with van der Waals surface area (Å²) in [5.74, 6) is -2.81. The van der Waals surface area contributed by atoms with Crippen LogP contribution in [0.2, 0.25) is 0 Å². The van der Waals surface area contributed by atoms with Crippen LogP contribution in [0.25, 0.3) is 0 Å². The molecule has 3 rings (SSSR count). The number of hydrogen-bond donors (Lipinski definition) is 3. The van der Waals surface area contributed by atoms with Gasteiger partial charge in [0.05, 0.1) is 42.3 Å². The molecule has 3 aromatic rings. The maximum atomic E-state index is 14.4. The fourth-order valence-electron chi connectivity index (χ4n) is 4.58. The van der Waals surface area contributed by atoms with Crippen molar-refractivity contribution in [1.29, 1.82) is 0 Å². The minimum Gasteiger partial charge on any atom is -0.396 e. The highest BCUT2D eigenvalue weighted by Crippen LogP contribution is 2.48. The number of Topliss-reactive ketones (excluding diaryl/α,β-unsaturated/α-hetero) is 3. The van der Waals surface area contributed by atoms with Crippen molar-refractivity contribution in [2.24, 2.45) is 25.8 Å². The summed E-state index contributed by atoms with van der Waals surface area (Å²) >= 11 is 0. The second-order valence-corrected chi connectivity index (χ2v) is 9.17. The zero-order valence-corrected chi connectivity index (χ0v) is 21.9. The van der Waals surface area contributed by atoms with E-state index in [0.29, 0.717) is 0 Å². The summed E-state index contributed by atoms with van der Waals surface area (Å²) in [6.45, 7) is -3.25. The zero-order chi connectivity index (χ0) is 30.8. The van der Waals surface area contributed by atoms with Crippen molar-refractivity contribution in [3.05, 3.63) is 89.5 Å². The molecule has 0 spiro atoms. The Morgan fingerprint density at radius 3 is 1.14 bits per heavy atom. The second kappa shape index (κ2) is 13.8. The molecule has 12 nitrogen and oxygen atoms in total. The lowest BCUT2D eigenvalue weighted by atomic mass is 9.55. The van der Waals surface area contributed by atoms with Crippen molar-refractivity contribution in [3.63, 3.8) is 0 Å². The van der Waals surface area contributed by atoms with Gasteiger partial charge in [0.25, 0.3) is 0 Å². The topological polar surface area (TPSA) is 200 Å². The number of carbonyl (C=O) groups excluding carboxylic acids is 6. The number of rotatable bonds is 14. The van der Waals surface area contributed by atoms with E-state index in [1.807, 2.05) is 0 Å². The van der Waals surface area contributed by atoms with E-state index in [9.17, 15) is 44.1 Å². The zero-order valence-electron chi connectivity index (χ0n) is 21.9. The smallest absolute Gasteiger partial charge is 0.240 e. The molecule has 0 heterocycles. The van der Waals surface area contributed by atoms with E-state index >= 15 is 0 Å². The lowest BCUT2D eigenvalue weighted by Crippen LogP contribution is -2.60. The van der Waals surface area contributed by atoms with Gasteiger partial charge in [-0.1, -0.05) is 0 Å². The fraction of sp³-hybridized carbons (Fsp3) is 0.200. The molecule has 212 valence electrons. The maximum Gasteiger partial charge on any atom is 0.240 e. The molecule has 0 radical (unpaired) electrons. The molecule has 3 N–H and O–H groups in total. The monoisotopic (exact) mass is 569 g/mol. The van der Waals surface area contributed by atoms with E-state index in [-0.39, 0.29) is 33.8 Å². The first-order chi connectivity index (χ1) is 20.2. The number of carbonyl (C=O) groups is 3. The molecule has 0 amide bonds. The van der Waals surface area contributed by atoms with Crippen molar-refractivity contribution >= 4 is 52.7 Å². The average Bonchev–Trinajstić information content (AvgIpc) is 3.02. The summed E-state index contributed by atoms with van der Waals surface area (Å²) in [5.41, 5.74) is -4.71. The van der Waals surface area contributed by atoms with E-state index in [2.05, 4.69) is 15.0 Å². The van der Waals surface area contributed by atoms with Crippen LogP contribution in [0.5, 0.6) is 0 Å². The lowest BCUT2D eigenvalue weighted by Gasteiger charge is -2.45. The van der Waals surface area contributed by atoms with Gasteiger partial charge in [-0.3, -0.25) is 14.4 Å². The van der Waals surface area contributed by atoms with Crippen LogP contribution < -0.4 is 0 Å². The molecule has 0 aliphatic carbocycles. The standard InChI is InChI=1S/C30H23N3O9/c34-14-29(15-35,16-36)30(27(41)21-3-9-24(10-4-21)32-18-38,28(42)22-5-11-25(12-6-22)33-19-39)13-26(40)20-1-7-23(8-2-20)31-17-37/h1-12,34-36H,13-16H2. The van der Waals surface area contributed by atoms with Crippen molar-refractivity contribution in [2.45, 2.75) is 6.42 Å². The molecule has 0 fully saturated rings. The van der Waals surface area contributed by atoms with Gasteiger partial charge in [0, 0.05) is 23.1 Å². The number of aliphatic hydroxyl groups is 3. The van der Waals surface area contributed by atoms with Gasteiger partial charge in [0.2, 0.25) is 18.2 Å². The summed E-state index contributed by atoms with van der Waals surface area (Å²) in [7, 11) is 0. The first-order valence-electron chi connectivity index (χ1n) is 12.2. The highest BCUT2D eigenvalue weighted by atomic mass is 16.3. The summed E-state index contributed by atoms with van der Waals surface area (Å²) < 4.78 is 0. The van der Waals surface area contributed by atoms with Gasteiger partial charge < -0.3 is 15.3 Å². The van der Waals surface area contributed by atoms with E-state index in [1.165, 1.54) is 91.0 Å². The van der Waals surface area contributed by atoms with Crippen LogP contribution in [-0.2, 0) is 14.4 Å². The van der Waals surface area contributed by atoms with Gasteiger partial charge in [0.1, 0.15) is 5.41 Å². The summed E-state index contributed by atoms with van der Waals surface area (Å²) in [4.78, 5) is 84.7. The molecule has 12 heteroatoms. The van der Waals surface area contributed by atoms with Gasteiger partial charge in [0.15, 0.2) is 17.3 Å². The number of ketones is 3. The Balaban J connectivity index is 2.32. The van der Waals surface area contributed by atoms with Gasteiger partial charge >= 0.3 is 0 Å².